The van der Waals surface area contributed by atoms with Crippen LogP contribution in [0.2, 0.25) is 0 Å². The van der Waals surface area contributed by atoms with Crippen LogP contribution in [0.4, 0.5) is 17.3 Å². The van der Waals surface area contributed by atoms with E-state index in [-0.39, 0.29) is 0 Å². The Balaban J connectivity index is 1.64. The van der Waals surface area contributed by atoms with Gasteiger partial charge >= 0.3 is 0 Å². The molecule has 5 nitrogen and oxygen atoms in total. The van der Waals surface area contributed by atoms with E-state index in [0.717, 1.165) is 29.0 Å². The van der Waals surface area contributed by atoms with E-state index in [0.29, 0.717) is 0 Å². The first-order valence-corrected chi connectivity index (χ1v) is 9.44. The number of para-hydroxylation sites is 1. The van der Waals surface area contributed by atoms with Crippen LogP contribution in [-0.2, 0) is 0 Å². The summed E-state index contributed by atoms with van der Waals surface area (Å²) in [6.07, 6.45) is 7.96. The Hall–Kier alpha value is -4.12. The Morgan fingerprint density at radius 1 is 0.483 bits per heavy atom. The van der Waals surface area contributed by atoms with Crippen molar-refractivity contribution in [3.05, 3.63) is 116 Å². The third-order valence-electron chi connectivity index (χ3n) is 4.65. The van der Waals surface area contributed by atoms with Crippen LogP contribution in [0.15, 0.2) is 116 Å². The topological polar surface area (TPSA) is 38.9 Å². The summed E-state index contributed by atoms with van der Waals surface area (Å²) in [5.74, 6) is 3.32. The largest absolute Gasteiger partial charge is 0.309 e. The van der Waals surface area contributed by atoms with Crippen LogP contribution >= 0.6 is 0 Å². The van der Waals surface area contributed by atoms with Crippen molar-refractivity contribution in [2.75, 3.05) is 4.90 Å². The normalized spacial score (nSPS) is 10.8. The molecule has 0 saturated heterocycles. The Morgan fingerprint density at radius 2 is 0.966 bits per heavy atom. The molecule has 5 aromatic rings. The maximum atomic E-state index is 4.90. The fourth-order valence-corrected chi connectivity index (χ4v) is 3.29. The zero-order valence-corrected chi connectivity index (χ0v) is 15.7. The lowest BCUT2D eigenvalue weighted by Crippen LogP contribution is -2.14. The summed E-state index contributed by atoms with van der Waals surface area (Å²) in [7, 11) is 0. The van der Waals surface area contributed by atoms with Gasteiger partial charge in [0.1, 0.15) is 23.3 Å². The maximum absolute atomic E-state index is 4.90. The van der Waals surface area contributed by atoms with Gasteiger partial charge in [-0.15, -0.1) is 0 Å². The van der Waals surface area contributed by atoms with Crippen molar-refractivity contribution in [2.24, 2.45) is 0 Å². The molecule has 0 atom stereocenters. The Bertz CT molecular complexity index is 1120. The average molecular weight is 377 g/mol. The number of anilines is 3. The van der Waals surface area contributed by atoms with Gasteiger partial charge < -0.3 is 9.13 Å². The molecule has 0 aliphatic rings. The van der Waals surface area contributed by atoms with E-state index in [2.05, 4.69) is 17.0 Å². The van der Waals surface area contributed by atoms with Crippen LogP contribution < -0.4 is 4.90 Å². The zero-order chi connectivity index (χ0) is 19.5. The van der Waals surface area contributed by atoms with E-state index in [9.17, 15) is 0 Å². The number of benzene rings is 1. The van der Waals surface area contributed by atoms with Crippen LogP contribution in [0.5, 0.6) is 0 Å². The summed E-state index contributed by atoms with van der Waals surface area (Å²) >= 11 is 0. The number of hydrogen-bond acceptors (Lipinski definition) is 3. The van der Waals surface area contributed by atoms with Crippen molar-refractivity contribution in [1.82, 2.24) is 19.1 Å². The smallest absolute Gasteiger partial charge is 0.141 e. The van der Waals surface area contributed by atoms with Gasteiger partial charge in [0.25, 0.3) is 0 Å². The third kappa shape index (κ3) is 3.41. The summed E-state index contributed by atoms with van der Waals surface area (Å²) in [5, 5.41) is 0. The summed E-state index contributed by atoms with van der Waals surface area (Å²) in [6.45, 7) is 0. The summed E-state index contributed by atoms with van der Waals surface area (Å²) < 4.78 is 3.99. The van der Waals surface area contributed by atoms with Gasteiger partial charge in [-0.25, -0.2) is 9.97 Å². The van der Waals surface area contributed by atoms with Gasteiger partial charge in [-0.3, -0.25) is 4.90 Å². The fourth-order valence-electron chi connectivity index (χ4n) is 3.29. The molecule has 0 radical (unpaired) electrons. The standard InChI is InChI=1S/C24H19N5/c1-2-10-20(11-3-1)29(23-14-8-12-21(25-23)27-16-4-5-17-27)24-15-9-13-22(26-24)28-18-6-7-19-28/h1-19H. The molecule has 0 amide bonds. The minimum Gasteiger partial charge on any atom is -0.309 e. The molecule has 0 saturated carbocycles. The highest BCUT2D eigenvalue weighted by Crippen LogP contribution is 2.32. The average Bonchev–Trinajstić information content (AvgIpc) is 3.50. The third-order valence-corrected chi connectivity index (χ3v) is 4.65. The molecule has 0 spiro atoms. The van der Waals surface area contributed by atoms with Crippen LogP contribution in [0, 0.1) is 0 Å². The second-order valence-corrected chi connectivity index (χ2v) is 6.56. The van der Waals surface area contributed by atoms with Gasteiger partial charge in [0.2, 0.25) is 0 Å². The van der Waals surface area contributed by atoms with Crippen molar-refractivity contribution >= 4 is 17.3 Å². The highest BCUT2D eigenvalue weighted by Gasteiger charge is 2.16. The molecule has 1 aromatic carbocycles. The minimum atomic E-state index is 0.805. The van der Waals surface area contributed by atoms with Gasteiger partial charge in [0, 0.05) is 30.5 Å². The minimum absolute atomic E-state index is 0.805. The molecule has 5 rings (SSSR count). The van der Waals surface area contributed by atoms with E-state index < -0.39 is 0 Å². The molecule has 29 heavy (non-hydrogen) atoms. The lowest BCUT2D eigenvalue weighted by molar-refractivity contribution is 0.978. The van der Waals surface area contributed by atoms with Gasteiger partial charge in [-0.2, -0.15) is 0 Å². The lowest BCUT2D eigenvalue weighted by Gasteiger charge is -2.24. The predicted molar refractivity (Wildman–Crippen MR) is 115 cm³/mol. The first-order valence-electron chi connectivity index (χ1n) is 9.44. The Morgan fingerprint density at radius 3 is 1.45 bits per heavy atom. The summed E-state index contributed by atoms with van der Waals surface area (Å²) in [6, 6.07) is 30.2. The molecule has 5 heteroatoms. The van der Waals surface area contributed by atoms with E-state index in [1.54, 1.807) is 0 Å². The van der Waals surface area contributed by atoms with Crippen molar-refractivity contribution < 1.29 is 0 Å². The fraction of sp³-hybridized carbons (Fsp3) is 0. The molecular weight excluding hydrogens is 358 g/mol. The molecule has 0 fully saturated rings. The molecule has 0 aliphatic heterocycles. The van der Waals surface area contributed by atoms with Crippen molar-refractivity contribution in [3.8, 4) is 11.6 Å². The molecule has 0 N–H and O–H groups in total. The molecule has 0 unspecified atom stereocenters. The van der Waals surface area contributed by atoms with Crippen LogP contribution in [0.25, 0.3) is 11.6 Å². The van der Waals surface area contributed by atoms with Gasteiger partial charge in [0.05, 0.1) is 0 Å². The molecule has 4 aromatic heterocycles. The van der Waals surface area contributed by atoms with E-state index in [1.807, 2.05) is 113 Å². The van der Waals surface area contributed by atoms with Crippen molar-refractivity contribution in [3.63, 3.8) is 0 Å². The number of hydrogen-bond donors (Lipinski definition) is 0. The van der Waals surface area contributed by atoms with E-state index in [4.69, 9.17) is 9.97 Å². The van der Waals surface area contributed by atoms with Gasteiger partial charge in [0.15, 0.2) is 0 Å². The van der Waals surface area contributed by atoms with E-state index >= 15 is 0 Å². The summed E-state index contributed by atoms with van der Waals surface area (Å²) in [5.41, 5.74) is 1.00. The van der Waals surface area contributed by atoms with Crippen LogP contribution in [0.3, 0.4) is 0 Å². The number of rotatable bonds is 5. The Kier molecular flexibility index (Phi) is 4.39. The highest BCUT2D eigenvalue weighted by molar-refractivity contribution is 5.72. The number of pyridine rings is 2. The molecule has 140 valence electrons. The summed E-state index contributed by atoms with van der Waals surface area (Å²) in [4.78, 5) is 11.9. The zero-order valence-electron chi connectivity index (χ0n) is 15.7. The maximum Gasteiger partial charge on any atom is 0.141 e. The van der Waals surface area contributed by atoms with Gasteiger partial charge in [-0.05, 0) is 60.7 Å². The second-order valence-electron chi connectivity index (χ2n) is 6.56. The monoisotopic (exact) mass is 377 g/mol. The van der Waals surface area contributed by atoms with Crippen LogP contribution in [-0.4, -0.2) is 19.1 Å². The quantitative estimate of drug-likeness (QED) is 0.404. The lowest BCUT2D eigenvalue weighted by atomic mass is 10.2. The number of aromatic nitrogens is 4. The second kappa shape index (κ2) is 7.48. The highest BCUT2D eigenvalue weighted by atomic mass is 15.3. The molecule has 4 heterocycles. The Labute approximate surface area is 169 Å². The van der Waals surface area contributed by atoms with E-state index in [1.165, 1.54) is 0 Å². The number of nitrogens with zero attached hydrogens (tertiary/aromatic N) is 5. The van der Waals surface area contributed by atoms with Crippen molar-refractivity contribution in [1.29, 1.82) is 0 Å². The predicted octanol–water partition coefficient (Wildman–Crippen LogP) is 5.53. The SMILES string of the molecule is c1ccc(N(c2cccc(-n3cccc3)n2)c2cccc(-n3cccc3)n2)cc1. The van der Waals surface area contributed by atoms with Crippen LogP contribution in [0.1, 0.15) is 0 Å². The first kappa shape index (κ1) is 17.0. The molecular formula is C24H19N5. The first-order chi connectivity index (χ1) is 14.4. The molecule has 0 bridgehead atoms. The van der Waals surface area contributed by atoms with Gasteiger partial charge in [-0.1, -0.05) is 30.3 Å². The molecule has 0 aliphatic carbocycles. The van der Waals surface area contributed by atoms with Crippen molar-refractivity contribution in [2.45, 2.75) is 0 Å².